The van der Waals surface area contributed by atoms with Gasteiger partial charge >= 0.3 is 5.97 Å². The summed E-state index contributed by atoms with van der Waals surface area (Å²) in [6.45, 7) is 1.93. The normalized spacial score (nSPS) is 16.9. The number of Topliss-reactive ketones (excluding diaryl/α,β-unsaturated/α-hetero) is 1. The van der Waals surface area contributed by atoms with Gasteiger partial charge in [-0.15, -0.1) is 0 Å². The molecule has 0 radical (unpaired) electrons. The van der Waals surface area contributed by atoms with Gasteiger partial charge in [-0.05, 0) is 24.6 Å². The van der Waals surface area contributed by atoms with Crippen LogP contribution in [0.2, 0.25) is 0 Å². The van der Waals surface area contributed by atoms with Crippen LogP contribution in [0, 0.1) is 5.82 Å². The highest BCUT2D eigenvalue weighted by Crippen LogP contribution is 2.31. The van der Waals surface area contributed by atoms with Gasteiger partial charge in [0.25, 0.3) is 0 Å². The fourth-order valence-corrected chi connectivity index (χ4v) is 2.58. The highest BCUT2D eigenvalue weighted by molar-refractivity contribution is 6.03. The maximum atomic E-state index is 13.3. The first-order valence-electron chi connectivity index (χ1n) is 6.64. The summed E-state index contributed by atoms with van der Waals surface area (Å²) in [6.07, 6.45) is 3.43. The van der Waals surface area contributed by atoms with Crippen LogP contribution >= 0.6 is 0 Å². The van der Waals surface area contributed by atoms with E-state index in [1.807, 2.05) is 0 Å². The minimum Gasteiger partial charge on any atom is -0.460 e. The van der Waals surface area contributed by atoms with Crippen LogP contribution < -0.4 is 0 Å². The Hall–Kier alpha value is -2.50. The van der Waals surface area contributed by atoms with Gasteiger partial charge in [-0.3, -0.25) is 4.79 Å². The molecular formula is C15H13FN2O3. The lowest BCUT2D eigenvalue weighted by atomic mass is 10.1. The molecule has 1 aromatic heterocycles. The highest BCUT2D eigenvalue weighted by Gasteiger charge is 2.34. The smallest absolute Gasteiger partial charge is 0.374 e. The molecule has 0 saturated carbocycles. The lowest BCUT2D eigenvalue weighted by Gasteiger charge is -2.12. The largest absolute Gasteiger partial charge is 0.460 e. The van der Waals surface area contributed by atoms with Gasteiger partial charge in [-0.2, -0.15) is 0 Å². The molecule has 0 N–H and O–H groups in total. The number of esters is 1. The van der Waals surface area contributed by atoms with E-state index < -0.39 is 17.8 Å². The van der Waals surface area contributed by atoms with E-state index in [-0.39, 0.29) is 18.2 Å². The average Bonchev–Trinajstić information content (AvgIpc) is 3.05. The number of ketones is 1. The van der Waals surface area contributed by atoms with Crippen molar-refractivity contribution in [3.8, 4) is 0 Å². The maximum Gasteiger partial charge on any atom is 0.374 e. The van der Waals surface area contributed by atoms with Gasteiger partial charge in [0, 0.05) is 24.4 Å². The first-order chi connectivity index (χ1) is 10.1. The third kappa shape index (κ3) is 2.22. The number of fused-ring (bicyclic) bond motifs is 1. The van der Waals surface area contributed by atoms with Crippen molar-refractivity contribution in [2.24, 2.45) is 0 Å². The third-order valence-electron chi connectivity index (χ3n) is 3.52. The van der Waals surface area contributed by atoms with E-state index in [2.05, 4.69) is 4.98 Å². The Morgan fingerprint density at radius 3 is 3.10 bits per heavy atom. The molecule has 0 fully saturated rings. The standard InChI is InChI=1S/C15H13FN2O3/c1-2-21-15(20)14-17-5-6-18(14)12-7-9-3-4-10(16)8-11(9)13(12)19/h3-6,8,12H,2,7H2,1H3. The monoisotopic (exact) mass is 288 g/mol. The van der Waals surface area contributed by atoms with E-state index in [1.54, 1.807) is 19.2 Å². The first-order valence-corrected chi connectivity index (χ1v) is 6.64. The van der Waals surface area contributed by atoms with E-state index in [4.69, 9.17) is 4.74 Å². The summed E-state index contributed by atoms with van der Waals surface area (Å²) in [6, 6.07) is 3.58. The van der Waals surface area contributed by atoms with Crippen LogP contribution in [0.5, 0.6) is 0 Å². The molecule has 0 bridgehead atoms. The Labute approximate surface area is 120 Å². The quantitative estimate of drug-likeness (QED) is 0.812. The average molecular weight is 288 g/mol. The summed E-state index contributed by atoms with van der Waals surface area (Å²) >= 11 is 0. The molecule has 108 valence electrons. The van der Waals surface area contributed by atoms with Gasteiger partial charge in [0.05, 0.1) is 6.61 Å². The summed E-state index contributed by atoms with van der Waals surface area (Å²) in [4.78, 5) is 28.2. The number of imidazole rings is 1. The number of hydrogen-bond acceptors (Lipinski definition) is 4. The number of rotatable bonds is 3. The molecule has 0 aliphatic heterocycles. The molecule has 6 heteroatoms. The van der Waals surface area contributed by atoms with Crippen LogP contribution in [0.1, 0.15) is 39.5 Å². The molecule has 0 amide bonds. The van der Waals surface area contributed by atoms with Crippen molar-refractivity contribution in [2.75, 3.05) is 6.61 Å². The molecule has 1 aliphatic rings. The van der Waals surface area contributed by atoms with Crippen molar-refractivity contribution in [3.05, 3.63) is 53.4 Å². The molecule has 1 aliphatic carbocycles. The molecule has 1 unspecified atom stereocenters. The topological polar surface area (TPSA) is 61.2 Å². The van der Waals surface area contributed by atoms with Crippen molar-refractivity contribution in [1.82, 2.24) is 9.55 Å². The zero-order valence-electron chi connectivity index (χ0n) is 11.4. The predicted molar refractivity (Wildman–Crippen MR) is 71.7 cm³/mol. The summed E-state index contributed by atoms with van der Waals surface area (Å²) in [5.41, 5.74) is 1.14. The lowest BCUT2D eigenvalue weighted by molar-refractivity contribution is 0.0504. The van der Waals surface area contributed by atoms with E-state index in [1.165, 1.54) is 22.9 Å². The van der Waals surface area contributed by atoms with Crippen LogP contribution in [0.15, 0.2) is 30.6 Å². The summed E-state index contributed by atoms with van der Waals surface area (Å²) in [5, 5.41) is 0. The minimum absolute atomic E-state index is 0.0866. The molecule has 0 saturated heterocycles. The van der Waals surface area contributed by atoms with Gasteiger partial charge in [-0.25, -0.2) is 14.2 Å². The van der Waals surface area contributed by atoms with E-state index >= 15 is 0 Å². The van der Waals surface area contributed by atoms with Crippen molar-refractivity contribution in [3.63, 3.8) is 0 Å². The second-order valence-corrected chi connectivity index (χ2v) is 4.76. The maximum absolute atomic E-state index is 13.3. The second kappa shape index (κ2) is 5.12. The SMILES string of the molecule is CCOC(=O)c1nccn1C1Cc2ccc(F)cc2C1=O. The Bertz CT molecular complexity index is 723. The number of nitrogens with zero attached hydrogens (tertiary/aromatic N) is 2. The Morgan fingerprint density at radius 2 is 2.33 bits per heavy atom. The Kier molecular flexibility index (Phi) is 3.29. The van der Waals surface area contributed by atoms with Crippen LogP contribution in [-0.4, -0.2) is 27.9 Å². The molecule has 1 heterocycles. The van der Waals surface area contributed by atoms with Crippen LogP contribution in [-0.2, 0) is 11.2 Å². The summed E-state index contributed by atoms with van der Waals surface area (Å²) in [5.74, 6) is -1.15. The molecular weight excluding hydrogens is 275 g/mol. The first kappa shape index (κ1) is 13.5. The molecule has 1 aromatic carbocycles. The van der Waals surface area contributed by atoms with E-state index in [0.717, 1.165) is 5.56 Å². The van der Waals surface area contributed by atoms with Crippen molar-refractivity contribution in [1.29, 1.82) is 0 Å². The summed E-state index contributed by atoms with van der Waals surface area (Å²) in [7, 11) is 0. The number of benzene rings is 1. The number of hydrogen-bond donors (Lipinski definition) is 0. The number of ether oxygens (including phenoxy) is 1. The number of carbonyl (C=O) groups excluding carboxylic acids is 2. The molecule has 1 atom stereocenters. The van der Waals surface area contributed by atoms with Gasteiger partial charge in [0.2, 0.25) is 5.82 Å². The molecule has 3 rings (SSSR count). The van der Waals surface area contributed by atoms with Crippen molar-refractivity contribution in [2.45, 2.75) is 19.4 Å². The fraction of sp³-hybridized carbons (Fsp3) is 0.267. The van der Waals surface area contributed by atoms with Gasteiger partial charge in [0.15, 0.2) is 5.78 Å². The summed E-state index contributed by atoms with van der Waals surface area (Å²) < 4.78 is 19.7. The zero-order chi connectivity index (χ0) is 15.0. The van der Waals surface area contributed by atoms with Gasteiger partial charge < -0.3 is 9.30 Å². The van der Waals surface area contributed by atoms with Crippen molar-refractivity contribution >= 4 is 11.8 Å². The fourth-order valence-electron chi connectivity index (χ4n) is 2.58. The molecule has 21 heavy (non-hydrogen) atoms. The zero-order valence-corrected chi connectivity index (χ0v) is 11.4. The second-order valence-electron chi connectivity index (χ2n) is 4.76. The number of aromatic nitrogens is 2. The highest BCUT2D eigenvalue weighted by atomic mass is 19.1. The van der Waals surface area contributed by atoms with E-state index in [9.17, 15) is 14.0 Å². The molecule has 2 aromatic rings. The Morgan fingerprint density at radius 1 is 1.52 bits per heavy atom. The Balaban J connectivity index is 1.96. The van der Waals surface area contributed by atoms with Gasteiger partial charge in [-0.1, -0.05) is 6.07 Å². The number of carbonyl (C=O) groups is 2. The van der Waals surface area contributed by atoms with Crippen LogP contribution in [0.4, 0.5) is 4.39 Å². The lowest BCUT2D eigenvalue weighted by Crippen LogP contribution is -2.21. The number of halogens is 1. The van der Waals surface area contributed by atoms with E-state index in [0.29, 0.717) is 12.0 Å². The third-order valence-corrected chi connectivity index (χ3v) is 3.52. The van der Waals surface area contributed by atoms with Gasteiger partial charge in [0.1, 0.15) is 11.9 Å². The molecule has 0 spiro atoms. The molecule has 5 nitrogen and oxygen atoms in total. The van der Waals surface area contributed by atoms with Crippen LogP contribution in [0.25, 0.3) is 0 Å². The minimum atomic E-state index is -0.580. The van der Waals surface area contributed by atoms with Crippen molar-refractivity contribution < 1.29 is 18.7 Å². The predicted octanol–water partition coefficient (Wildman–Crippen LogP) is 2.18. The van der Waals surface area contributed by atoms with Crippen LogP contribution in [0.3, 0.4) is 0 Å².